The zero-order chi connectivity index (χ0) is 16.6. The van der Waals surface area contributed by atoms with Crippen LogP contribution in [0.3, 0.4) is 0 Å². The van der Waals surface area contributed by atoms with Crippen LogP contribution in [0.1, 0.15) is 44.2 Å². The van der Waals surface area contributed by atoms with Crippen LogP contribution in [-0.2, 0) is 19.7 Å². The number of esters is 1. The molecule has 3 atom stereocenters. The highest BCUT2D eigenvalue weighted by Crippen LogP contribution is 2.54. The van der Waals surface area contributed by atoms with Crippen LogP contribution in [0.5, 0.6) is 0 Å². The first-order valence-corrected chi connectivity index (χ1v) is 9.03. The van der Waals surface area contributed by atoms with Gasteiger partial charge in [0, 0.05) is 4.47 Å². The summed E-state index contributed by atoms with van der Waals surface area (Å²) in [6.07, 6.45) is 5.98. The van der Waals surface area contributed by atoms with Crippen molar-refractivity contribution < 1.29 is 14.3 Å². The highest BCUT2D eigenvalue weighted by atomic mass is 79.9. The summed E-state index contributed by atoms with van der Waals surface area (Å²) in [6, 6.07) is 5.96. The van der Waals surface area contributed by atoms with E-state index in [4.69, 9.17) is 4.74 Å². The van der Waals surface area contributed by atoms with Crippen LogP contribution in [0.15, 0.2) is 28.7 Å². The first kappa shape index (κ1) is 16.4. The maximum absolute atomic E-state index is 12.9. The first-order valence-electron chi connectivity index (χ1n) is 8.23. The van der Waals surface area contributed by atoms with Gasteiger partial charge in [-0.25, -0.2) is 0 Å². The molecular weight excluding hydrogens is 356 g/mol. The zero-order valence-electron chi connectivity index (χ0n) is 13.5. The van der Waals surface area contributed by atoms with Gasteiger partial charge in [0.25, 0.3) is 0 Å². The second-order valence-corrected chi connectivity index (χ2v) is 7.25. The smallest absolute Gasteiger partial charge is 0.310 e. The number of allylic oxidation sites excluding steroid dienone is 1. The monoisotopic (exact) mass is 376 g/mol. The van der Waals surface area contributed by atoms with E-state index in [1.807, 2.05) is 31.2 Å². The van der Waals surface area contributed by atoms with Gasteiger partial charge in [-0.1, -0.05) is 41.4 Å². The molecule has 1 saturated carbocycles. The highest BCUT2D eigenvalue weighted by Gasteiger charge is 2.58. The predicted octanol–water partition coefficient (Wildman–Crippen LogP) is 4.28. The van der Waals surface area contributed by atoms with Gasteiger partial charge >= 0.3 is 5.97 Å². The van der Waals surface area contributed by atoms with Crippen molar-refractivity contribution >= 4 is 33.8 Å². The lowest BCUT2D eigenvalue weighted by molar-refractivity contribution is -0.153. The van der Waals surface area contributed by atoms with E-state index in [0.717, 1.165) is 28.4 Å². The molecule has 2 aliphatic carbocycles. The molecule has 0 saturated heterocycles. The van der Waals surface area contributed by atoms with Crippen molar-refractivity contribution in [1.29, 1.82) is 0 Å². The van der Waals surface area contributed by atoms with Crippen molar-refractivity contribution in [2.45, 2.75) is 38.5 Å². The molecule has 0 N–H and O–H groups in total. The average molecular weight is 377 g/mol. The Balaban J connectivity index is 2.17. The van der Waals surface area contributed by atoms with E-state index in [9.17, 15) is 9.59 Å². The Hall–Kier alpha value is -1.42. The summed E-state index contributed by atoms with van der Waals surface area (Å²) in [7, 11) is 0. The summed E-state index contributed by atoms with van der Waals surface area (Å²) in [5, 5.41) is 0. The summed E-state index contributed by atoms with van der Waals surface area (Å²) in [6.45, 7) is 4.24. The number of benzene rings is 1. The minimum absolute atomic E-state index is 0.0429. The summed E-state index contributed by atoms with van der Waals surface area (Å²) < 4.78 is 6.32. The normalized spacial score (nSPS) is 28.9. The third kappa shape index (κ3) is 2.47. The molecule has 122 valence electrons. The quantitative estimate of drug-likeness (QED) is 0.739. The Kier molecular flexibility index (Phi) is 4.45. The van der Waals surface area contributed by atoms with Gasteiger partial charge in [0.1, 0.15) is 0 Å². The lowest BCUT2D eigenvalue weighted by Gasteiger charge is -2.37. The van der Waals surface area contributed by atoms with Crippen molar-refractivity contribution in [3.8, 4) is 0 Å². The molecule has 1 spiro atoms. The lowest BCUT2D eigenvalue weighted by atomic mass is 9.64. The van der Waals surface area contributed by atoms with Crippen LogP contribution in [0.2, 0.25) is 0 Å². The Bertz CT molecular complexity index is 679. The van der Waals surface area contributed by atoms with Gasteiger partial charge in [-0.15, -0.1) is 0 Å². The molecule has 2 aliphatic rings. The molecule has 3 nitrogen and oxygen atoms in total. The minimum Gasteiger partial charge on any atom is -0.466 e. The van der Waals surface area contributed by atoms with Crippen LogP contribution in [0.4, 0.5) is 0 Å². The number of ketones is 1. The van der Waals surface area contributed by atoms with E-state index < -0.39 is 5.41 Å². The van der Waals surface area contributed by atoms with Crippen LogP contribution in [0, 0.1) is 11.8 Å². The fourth-order valence-electron chi connectivity index (χ4n) is 4.31. The Morgan fingerprint density at radius 1 is 1.35 bits per heavy atom. The van der Waals surface area contributed by atoms with Gasteiger partial charge in [-0.2, -0.15) is 0 Å². The van der Waals surface area contributed by atoms with E-state index in [1.54, 1.807) is 6.08 Å². The van der Waals surface area contributed by atoms with Crippen LogP contribution in [-0.4, -0.2) is 18.4 Å². The highest BCUT2D eigenvalue weighted by molar-refractivity contribution is 9.10. The van der Waals surface area contributed by atoms with Gasteiger partial charge in [0.2, 0.25) is 0 Å². The number of hydrogen-bond acceptors (Lipinski definition) is 3. The molecule has 1 aromatic rings. The molecule has 3 rings (SSSR count). The maximum Gasteiger partial charge on any atom is 0.310 e. The number of halogens is 1. The fourth-order valence-corrected chi connectivity index (χ4v) is 4.69. The lowest BCUT2D eigenvalue weighted by Crippen LogP contribution is -2.46. The molecule has 4 heteroatoms. The predicted molar refractivity (Wildman–Crippen MR) is 93.0 cm³/mol. The standard InChI is InChI=1S/C19H21BrO3/c1-3-12-9-10-19(17(12)18(22)23-4-2)15-7-6-14(20)11-13(15)5-8-16(19)21/h5-8,11-12,17H,3-4,9-10H2,1-2H3/t12-,17-,19+/m0/s1. The summed E-state index contributed by atoms with van der Waals surface area (Å²) in [5.41, 5.74) is 1.24. The summed E-state index contributed by atoms with van der Waals surface area (Å²) in [4.78, 5) is 25.6. The Labute approximate surface area is 145 Å². The van der Waals surface area contributed by atoms with Crippen LogP contribution in [0.25, 0.3) is 6.08 Å². The average Bonchev–Trinajstić information content (AvgIpc) is 2.92. The zero-order valence-corrected chi connectivity index (χ0v) is 15.1. The largest absolute Gasteiger partial charge is 0.466 e. The van der Waals surface area contributed by atoms with Gasteiger partial charge in [-0.3, -0.25) is 9.59 Å². The number of fused-ring (bicyclic) bond motifs is 2. The molecular formula is C19H21BrO3. The van der Waals surface area contributed by atoms with Crippen molar-refractivity contribution in [2.75, 3.05) is 6.61 Å². The van der Waals surface area contributed by atoms with E-state index in [1.165, 1.54) is 0 Å². The van der Waals surface area contributed by atoms with Crippen molar-refractivity contribution in [1.82, 2.24) is 0 Å². The number of hydrogen-bond donors (Lipinski definition) is 0. The third-order valence-corrected chi connectivity index (χ3v) is 5.82. The first-order chi connectivity index (χ1) is 11.0. The molecule has 23 heavy (non-hydrogen) atoms. The second-order valence-electron chi connectivity index (χ2n) is 6.34. The molecule has 0 amide bonds. The molecule has 0 heterocycles. The van der Waals surface area contributed by atoms with E-state index in [2.05, 4.69) is 22.9 Å². The minimum atomic E-state index is -0.752. The van der Waals surface area contributed by atoms with Crippen molar-refractivity contribution in [3.05, 3.63) is 39.9 Å². The van der Waals surface area contributed by atoms with Gasteiger partial charge in [0.05, 0.1) is 17.9 Å². The molecule has 1 fully saturated rings. The summed E-state index contributed by atoms with van der Waals surface area (Å²) in [5.74, 6) is -0.374. The van der Waals surface area contributed by atoms with E-state index in [-0.39, 0.29) is 23.6 Å². The number of ether oxygens (including phenoxy) is 1. The molecule has 0 aliphatic heterocycles. The van der Waals surface area contributed by atoms with Crippen LogP contribution < -0.4 is 0 Å². The van der Waals surface area contributed by atoms with Gasteiger partial charge in [0.15, 0.2) is 5.78 Å². The molecule has 0 bridgehead atoms. The van der Waals surface area contributed by atoms with Crippen LogP contribution >= 0.6 is 15.9 Å². The van der Waals surface area contributed by atoms with E-state index >= 15 is 0 Å². The molecule has 1 aromatic carbocycles. The number of carbonyl (C=O) groups excluding carboxylic acids is 2. The molecule has 0 aromatic heterocycles. The molecule has 0 unspecified atom stereocenters. The topological polar surface area (TPSA) is 43.4 Å². The van der Waals surface area contributed by atoms with Gasteiger partial charge < -0.3 is 4.74 Å². The maximum atomic E-state index is 12.9. The van der Waals surface area contributed by atoms with E-state index in [0.29, 0.717) is 13.0 Å². The number of rotatable bonds is 3. The molecule has 0 radical (unpaired) electrons. The van der Waals surface area contributed by atoms with Crippen molar-refractivity contribution in [2.24, 2.45) is 11.8 Å². The second kappa shape index (κ2) is 6.23. The third-order valence-electron chi connectivity index (χ3n) is 5.32. The summed E-state index contributed by atoms with van der Waals surface area (Å²) >= 11 is 3.49. The van der Waals surface area contributed by atoms with Gasteiger partial charge in [-0.05, 0) is 55.0 Å². The fraction of sp³-hybridized carbons (Fsp3) is 0.474. The Morgan fingerprint density at radius 2 is 2.13 bits per heavy atom. The Morgan fingerprint density at radius 3 is 2.83 bits per heavy atom. The SMILES string of the molecule is CCOC(=O)[C@@H]1[C@@H](CC)CC[C@@]12C(=O)C=Cc1cc(Br)ccc12. The van der Waals surface area contributed by atoms with Crippen molar-refractivity contribution in [3.63, 3.8) is 0 Å². The number of carbonyl (C=O) groups is 2.